The molecule has 0 aromatic heterocycles. The van der Waals surface area contributed by atoms with E-state index >= 15 is 0 Å². The van der Waals surface area contributed by atoms with Gasteiger partial charge in [-0.05, 0) is 30.9 Å². The molecule has 0 radical (unpaired) electrons. The molecular weight excluding hydrogens is 214 g/mol. The van der Waals surface area contributed by atoms with Crippen molar-refractivity contribution in [3.05, 3.63) is 23.8 Å². The predicted molar refractivity (Wildman–Crippen MR) is 65.2 cm³/mol. The first-order valence-corrected chi connectivity index (χ1v) is 7.10. The number of thioether (sulfide) groups is 1. The lowest BCUT2D eigenvalue weighted by Crippen LogP contribution is -2.04. The fraction of sp³-hybridized carbons (Fsp3) is 0.400. The number of nitrogens with two attached hydrogens (primary N) is 1. The number of hydrogen-bond donors (Lipinski definition) is 1. The Hall–Kier alpha value is -0.480. The first-order chi connectivity index (χ1) is 6.65. The van der Waals surface area contributed by atoms with Gasteiger partial charge in [0.05, 0.1) is 15.7 Å². The van der Waals surface area contributed by atoms with E-state index in [-0.39, 0.29) is 0 Å². The van der Waals surface area contributed by atoms with E-state index in [4.69, 9.17) is 5.73 Å². The van der Waals surface area contributed by atoms with Gasteiger partial charge in [0.25, 0.3) is 0 Å². The maximum atomic E-state index is 11.8. The second-order valence-corrected chi connectivity index (χ2v) is 5.61. The Labute approximate surface area is 91.7 Å². The summed E-state index contributed by atoms with van der Waals surface area (Å²) in [5.41, 5.74) is 7.50. The Balaban J connectivity index is 2.83. The first kappa shape index (κ1) is 11.6. The van der Waals surface area contributed by atoms with E-state index in [0.29, 0.717) is 11.4 Å². The van der Waals surface area contributed by atoms with Crippen LogP contribution in [0.2, 0.25) is 0 Å². The fourth-order valence-corrected chi connectivity index (χ4v) is 3.25. The minimum absolute atomic E-state index is 0.634. The van der Waals surface area contributed by atoms with Gasteiger partial charge < -0.3 is 5.73 Å². The van der Waals surface area contributed by atoms with E-state index < -0.39 is 10.8 Å². The van der Waals surface area contributed by atoms with Crippen LogP contribution in [0, 0.1) is 6.92 Å². The largest absolute Gasteiger partial charge is 0.398 e. The van der Waals surface area contributed by atoms with Crippen LogP contribution in [-0.4, -0.2) is 22.0 Å². The highest BCUT2D eigenvalue weighted by molar-refractivity contribution is 7.99. The number of nitrogen functional groups attached to an aromatic ring is 1. The summed E-state index contributed by atoms with van der Waals surface area (Å²) in [6, 6.07) is 5.66. The average Bonchev–Trinajstić information content (AvgIpc) is 2.18. The molecule has 0 fully saturated rings. The number of benzene rings is 1. The third-order valence-electron chi connectivity index (χ3n) is 1.89. The van der Waals surface area contributed by atoms with Gasteiger partial charge in [0.2, 0.25) is 0 Å². The van der Waals surface area contributed by atoms with Crippen molar-refractivity contribution in [2.24, 2.45) is 0 Å². The van der Waals surface area contributed by atoms with E-state index in [1.807, 2.05) is 31.4 Å². The summed E-state index contributed by atoms with van der Waals surface area (Å²) in [5, 5.41) is 0. The quantitative estimate of drug-likeness (QED) is 0.804. The maximum absolute atomic E-state index is 11.8. The molecule has 1 rings (SSSR count). The molecule has 1 atom stereocenters. The lowest BCUT2D eigenvalue weighted by molar-refractivity contribution is 0.684. The van der Waals surface area contributed by atoms with Gasteiger partial charge in [-0.1, -0.05) is 6.07 Å². The third-order valence-corrected chi connectivity index (χ3v) is 4.18. The number of anilines is 1. The average molecular weight is 229 g/mol. The van der Waals surface area contributed by atoms with Crippen LogP contribution in [-0.2, 0) is 10.8 Å². The molecule has 2 nitrogen and oxygen atoms in total. The van der Waals surface area contributed by atoms with Crippen LogP contribution in [0.25, 0.3) is 0 Å². The van der Waals surface area contributed by atoms with Gasteiger partial charge in [0.15, 0.2) is 0 Å². The van der Waals surface area contributed by atoms with Crippen molar-refractivity contribution >= 4 is 28.2 Å². The summed E-state index contributed by atoms with van der Waals surface area (Å²) in [6.07, 6.45) is 2.01. The Bertz CT molecular complexity index is 339. The van der Waals surface area contributed by atoms with E-state index in [2.05, 4.69) is 0 Å². The molecule has 0 amide bonds. The van der Waals surface area contributed by atoms with Crippen LogP contribution >= 0.6 is 11.8 Å². The first-order valence-electron chi connectivity index (χ1n) is 4.38. The molecule has 0 saturated heterocycles. The van der Waals surface area contributed by atoms with E-state index in [9.17, 15) is 4.21 Å². The van der Waals surface area contributed by atoms with Crippen LogP contribution in [0.1, 0.15) is 5.56 Å². The molecule has 1 unspecified atom stereocenters. The molecule has 0 bridgehead atoms. The monoisotopic (exact) mass is 229 g/mol. The molecule has 14 heavy (non-hydrogen) atoms. The molecular formula is C10H15NOS2. The zero-order valence-electron chi connectivity index (χ0n) is 8.45. The molecule has 0 heterocycles. The van der Waals surface area contributed by atoms with Gasteiger partial charge in [0.1, 0.15) is 0 Å². The molecule has 1 aromatic carbocycles. The van der Waals surface area contributed by atoms with E-state index in [1.54, 1.807) is 11.8 Å². The van der Waals surface area contributed by atoms with Gasteiger partial charge in [-0.2, -0.15) is 11.8 Å². The Morgan fingerprint density at radius 2 is 2.21 bits per heavy atom. The molecule has 2 N–H and O–H groups in total. The molecule has 0 spiro atoms. The summed E-state index contributed by atoms with van der Waals surface area (Å²) in [7, 11) is -0.951. The highest BCUT2D eigenvalue weighted by Crippen LogP contribution is 2.18. The predicted octanol–water partition coefficient (Wildman–Crippen LogP) is 2.05. The second-order valence-electron chi connectivity index (χ2n) is 3.08. The molecule has 1 aromatic rings. The molecule has 0 aliphatic heterocycles. The van der Waals surface area contributed by atoms with Crippen molar-refractivity contribution in [3.8, 4) is 0 Å². The number of hydrogen-bond acceptors (Lipinski definition) is 3. The van der Waals surface area contributed by atoms with Crippen LogP contribution in [0.3, 0.4) is 0 Å². The normalized spacial score (nSPS) is 12.7. The SMILES string of the molecule is CSCCS(=O)c1cc(C)ccc1N. The zero-order chi connectivity index (χ0) is 10.6. The lowest BCUT2D eigenvalue weighted by atomic mass is 10.2. The van der Waals surface area contributed by atoms with Crippen molar-refractivity contribution in [3.63, 3.8) is 0 Å². The van der Waals surface area contributed by atoms with Gasteiger partial charge in [-0.3, -0.25) is 4.21 Å². The summed E-state index contributed by atoms with van der Waals surface area (Å²) in [6.45, 7) is 1.98. The highest BCUT2D eigenvalue weighted by atomic mass is 32.2. The van der Waals surface area contributed by atoms with Gasteiger partial charge in [-0.15, -0.1) is 0 Å². The lowest BCUT2D eigenvalue weighted by Gasteiger charge is -2.05. The van der Waals surface area contributed by atoms with Crippen LogP contribution in [0.15, 0.2) is 23.1 Å². The minimum atomic E-state index is -0.951. The molecule has 78 valence electrons. The maximum Gasteiger partial charge on any atom is 0.0620 e. The highest BCUT2D eigenvalue weighted by Gasteiger charge is 2.07. The standard InChI is InChI=1S/C10H15NOS2/c1-8-3-4-9(11)10(7-8)14(12)6-5-13-2/h3-4,7H,5-6,11H2,1-2H3. The Kier molecular flexibility index (Phi) is 4.48. The smallest absolute Gasteiger partial charge is 0.0620 e. The Morgan fingerprint density at radius 3 is 2.86 bits per heavy atom. The van der Waals surface area contributed by atoms with Gasteiger partial charge in [-0.25, -0.2) is 0 Å². The van der Waals surface area contributed by atoms with Crippen molar-refractivity contribution in [1.82, 2.24) is 0 Å². The zero-order valence-corrected chi connectivity index (χ0v) is 10.1. The topological polar surface area (TPSA) is 43.1 Å². The molecule has 4 heteroatoms. The fourth-order valence-electron chi connectivity index (χ4n) is 1.11. The van der Waals surface area contributed by atoms with E-state index in [1.165, 1.54) is 0 Å². The summed E-state index contributed by atoms with van der Waals surface area (Å²) in [4.78, 5) is 0.777. The summed E-state index contributed by atoms with van der Waals surface area (Å²) >= 11 is 1.70. The van der Waals surface area contributed by atoms with Crippen molar-refractivity contribution in [2.45, 2.75) is 11.8 Å². The van der Waals surface area contributed by atoms with Crippen LogP contribution in [0.4, 0.5) is 5.69 Å². The number of aryl methyl sites for hydroxylation is 1. The van der Waals surface area contributed by atoms with Crippen molar-refractivity contribution < 1.29 is 4.21 Å². The second kappa shape index (κ2) is 5.41. The van der Waals surface area contributed by atoms with E-state index in [0.717, 1.165) is 16.2 Å². The molecule has 0 aliphatic rings. The van der Waals surface area contributed by atoms with Crippen molar-refractivity contribution in [1.29, 1.82) is 0 Å². The van der Waals surface area contributed by atoms with Gasteiger partial charge >= 0.3 is 0 Å². The Morgan fingerprint density at radius 1 is 1.50 bits per heavy atom. The van der Waals surface area contributed by atoms with Crippen LogP contribution in [0.5, 0.6) is 0 Å². The molecule has 0 aliphatic carbocycles. The number of rotatable bonds is 4. The van der Waals surface area contributed by atoms with Crippen LogP contribution < -0.4 is 5.73 Å². The summed E-state index contributed by atoms with van der Waals surface area (Å²) < 4.78 is 11.8. The third kappa shape index (κ3) is 3.03. The minimum Gasteiger partial charge on any atom is -0.398 e. The van der Waals surface area contributed by atoms with Gasteiger partial charge in [0, 0.05) is 17.2 Å². The van der Waals surface area contributed by atoms with Crippen molar-refractivity contribution in [2.75, 3.05) is 23.5 Å². The molecule has 0 saturated carbocycles. The summed E-state index contributed by atoms with van der Waals surface area (Å²) in [5.74, 6) is 1.58.